The Bertz CT molecular complexity index is 1210. The van der Waals surface area contributed by atoms with E-state index in [0.29, 0.717) is 22.2 Å². The van der Waals surface area contributed by atoms with Gasteiger partial charge in [-0.05, 0) is 31.5 Å². The fourth-order valence-electron chi connectivity index (χ4n) is 2.96. The molecule has 4 rings (SSSR count). The predicted molar refractivity (Wildman–Crippen MR) is 114 cm³/mol. The van der Waals surface area contributed by atoms with Crippen LogP contribution in [0.4, 0.5) is 5.82 Å². The van der Waals surface area contributed by atoms with Crippen LogP contribution in [-0.4, -0.2) is 37.8 Å². The van der Waals surface area contributed by atoms with Crippen LogP contribution in [0.5, 0.6) is 0 Å². The van der Waals surface area contributed by atoms with Crippen molar-refractivity contribution in [1.82, 2.24) is 24.9 Å². The Hall–Kier alpha value is -3.81. The molecule has 0 aliphatic rings. The summed E-state index contributed by atoms with van der Waals surface area (Å²) in [7, 11) is 0. The number of carbonyl (C=O) groups is 1. The molecule has 1 atom stereocenters. The van der Waals surface area contributed by atoms with Gasteiger partial charge in [0.25, 0.3) is 5.91 Å². The van der Waals surface area contributed by atoms with Crippen molar-refractivity contribution in [3.05, 3.63) is 59.9 Å². The van der Waals surface area contributed by atoms with Crippen LogP contribution in [0.2, 0.25) is 0 Å². The summed E-state index contributed by atoms with van der Waals surface area (Å²) in [5.41, 5.74) is 9.67. The van der Waals surface area contributed by atoms with Crippen LogP contribution in [0.25, 0.3) is 22.2 Å². The molecule has 0 aliphatic carbocycles. The van der Waals surface area contributed by atoms with Gasteiger partial charge in [-0.2, -0.15) is 9.78 Å². The number of amides is 1. The lowest BCUT2D eigenvalue weighted by Gasteiger charge is -2.11. The maximum atomic E-state index is 12.9. The third-order valence-electron chi connectivity index (χ3n) is 4.70. The van der Waals surface area contributed by atoms with Crippen molar-refractivity contribution in [3.8, 4) is 0 Å². The van der Waals surface area contributed by atoms with Gasteiger partial charge < -0.3 is 11.1 Å². The summed E-state index contributed by atoms with van der Waals surface area (Å²) >= 11 is 0. The van der Waals surface area contributed by atoms with Crippen LogP contribution in [0, 0.1) is 0 Å². The molecule has 0 bridgehead atoms. The maximum Gasteiger partial charge on any atom is 0.257 e. The number of pyridine rings is 1. The Morgan fingerprint density at radius 2 is 2.00 bits per heavy atom. The molecule has 3 heterocycles. The number of rotatable bonds is 5. The number of nitrogens with zero attached hydrogens (tertiary/aromatic N) is 5. The highest BCUT2D eigenvalue weighted by molar-refractivity contribution is 6.10. The van der Waals surface area contributed by atoms with Crippen LogP contribution in [0.3, 0.4) is 0 Å². The highest BCUT2D eigenvalue weighted by atomic mass is 16.1. The molecule has 0 aliphatic heterocycles. The Morgan fingerprint density at radius 1 is 1.24 bits per heavy atom. The summed E-state index contributed by atoms with van der Waals surface area (Å²) in [6, 6.07) is 11.2. The van der Waals surface area contributed by atoms with E-state index in [-0.39, 0.29) is 23.3 Å². The van der Waals surface area contributed by atoms with Crippen molar-refractivity contribution in [2.75, 3.05) is 5.73 Å². The van der Waals surface area contributed by atoms with Gasteiger partial charge in [0.1, 0.15) is 16.9 Å². The number of hydrogen-bond donors (Lipinski definition) is 2. The van der Waals surface area contributed by atoms with Crippen molar-refractivity contribution in [3.63, 3.8) is 0 Å². The Balaban J connectivity index is 1.92. The number of aromatic nitrogens is 4. The van der Waals surface area contributed by atoms with Gasteiger partial charge in [0.05, 0.1) is 17.2 Å². The lowest BCUT2D eigenvalue weighted by atomic mass is 10.2. The van der Waals surface area contributed by atoms with E-state index in [1.165, 1.54) is 4.68 Å². The molecule has 0 spiro atoms. The molecular formula is C21H21N7O. The maximum absolute atomic E-state index is 12.9. The average Bonchev–Trinajstić information content (AvgIpc) is 3.01. The molecule has 146 valence electrons. The first-order valence-corrected chi connectivity index (χ1v) is 9.40. The van der Waals surface area contributed by atoms with Gasteiger partial charge in [0.2, 0.25) is 0 Å². The van der Waals surface area contributed by atoms with Crippen molar-refractivity contribution < 1.29 is 4.79 Å². The Kier molecular flexibility index (Phi) is 4.90. The first-order valence-electron chi connectivity index (χ1n) is 9.40. The van der Waals surface area contributed by atoms with Gasteiger partial charge in [-0.1, -0.05) is 25.1 Å². The zero-order chi connectivity index (χ0) is 20.4. The first kappa shape index (κ1) is 18.5. The summed E-state index contributed by atoms with van der Waals surface area (Å²) in [5, 5.41) is 7.41. The molecule has 1 aromatic carbocycles. The van der Waals surface area contributed by atoms with Gasteiger partial charge in [-0.25, -0.2) is 9.97 Å². The van der Waals surface area contributed by atoms with Crippen LogP contribution in [0.1, 0.15) is 36.2 Å². The van der Waals surface area contributed by atoms with E-state index in [1.54, 1.807) is 18.6 Å². The lowest BCUT2D eigenvalue weighted by molar-refractivity contribution is 0.0941. The number of para-hydroxylation sites is 2. The van der Waals surface area contributed by atoms with Gasteiger partial charge in [0.15, 0.2) is 5.65 Å². The fourth-order valence-corrected chi connectivity index (χ4v) is 2.96. The van der Waals surface area contributed by atoms with E-state index in [9.17, 15) is 4.79 Å². The van der Waals surface area contributed by atoms with E-state index in [1.807, 2.05) is 50.2 Å². The average molecular weight is 387 g/mol. The van der Waals surface area contributed by atoms with Gasteiger partial charge in [-0.15, -0.1) is 0 Å². The molecule has 8 heteroatoms. The summed E-state index contributed by atoms with van der Waals surface area (Å²) < 4.78 is 1.45. The summed E-state index contributed by atoms with van der Waals surface area (Å²) in [6.07, 6.45) is 5.79. The largest absolute Gasteiger partial charge is 0.383 e. The van der Waals surface area contributed by atoms with Gasteiger partial charge in [-0.3, -0.25) is 9.78 Å². The topological polar surface area (TPSA) is 111 Å². The second-order valence-corrected chi connectivity index (χ2v) is 6.77. The van der Waals surface area contributed by atoms with E-state index in [0.717, 1.165) is 12.0 Å². The molecule has 3 aromatic heterocycles. The molecule has 0 saturated carbocycles. The minimum atomic E-state index is -0.290. The molecule has 3 N–H and O–H groups in total. The van der Waals surface area contributed by atoms with Crippen molar-refractivity contribution in [2.45, 2.75) is 26.3 Å². The highest BCUT2D eigenvalue weighted by Gasteiger charge is 2.24. The third-order valence-corrected chi connectivity index (χ3v) is 4.70. The molecule has 4 aromatic rings. The molecule has 0 saturated heterocycles. The minimum absolute atomic E-state index is 0.00705. The Labute approximate surface area is 167 Å². The third kappa shape index (κ3) is 3.52. The zero-order valence-electron chi connectivity index (χ0n) is 16.2. The van der Waals surface area contributed by atoms with Crippen molar-refractivity contribution in [1.29, 1.82) is 0 Å². The number of carbonyl (C=O) groups excluding carboxylic acids is 1. The summed E-state index contributed by atoms with van der Waals surface area (Å²) in [4.78, 5) is 26.3. The second-order valence-electron chi connectivity index (χ2n) is 6.77. The van der Waals surface area contributed by atoms with Crippen LogP contribution in [-0.2, 0) is 0 Å². The fraction of sp³-hybridized carbons (Fsp3) is 0.190. The smallest absolute Gasteiger partial charge is 0.257 e. The van der Waals surface area contributed by atoms with Crippen LogP contribution < -0.4 is 11.1 Å². The number of benzene rings is 1. The molecule has 0 fully saturated rings. The van der Waals surface area contributed by atoms with E-state index < -0.39 is 0 Å². The minimum Gasteiger partial charge on any atom is -0.383 e. The standard InChI is InChI=1S/C21H21N7O/c1-3-13(2)25-21(29)17-18-20(27-16-9-5-4-8-15(16)26-18)28(19(17)22)24-12-14-7-6-10-23-11-14/h4-13H,3,22H2,1-2H3,(H,25,29)/b24-12-/t13-/m0/s1. The number of nitrogen functional groups attached to an aromatic ring is 1. The lowest BCUT2D eigenvalue weighted by Crippen LogP contribution is -2.32. The molecule has 0 unspecified atom stereocenters. The molecular weight excluding hydrogens is 366 g/mol. The number of anilines is 1. The van der Waals surface area contributed by atoms with E-state index in [4.69, 9.17) is 5.73 Å². The number of nitrogens with one attached hydrogen (secondary N) is 1. The predicted octanol–water partition coefficient (Wildman–Crippen LogP) is 2.97. The quantitative estimate of drug-likeness (QED) is 0.512. The van der Waals surface area contributed by atoms with E-state index in [2.05, 4.69) is 25.4 Å². The molecule has 29 heavy (non-hydrogen) atoms. The van der Waals surface area contributed by atoms with Crippen molar-refractivity contribution in [2.24, 2.45) is 5.10 Å². The zero-order valence-corrected chi connectivity index (χ0v) is 16.2. The van der Waals surface area contributed by atoms with Gasteiger partial charge >= 0.3 is 0 Å². The first-order chi connectivity index (χ1) is 14.1. The Morgan fingerprint density at radius 3 is 2.69 bits per heavy atom. The highest BCUT2D eigenvalue weighted by Crippen LogP contribution is 2.28. The monoisotopic (exact) mass is 387 g/mol. The van der Waals surface area contributed by atoms with Crippen LogP contribution >= 0.6 is 0 Å². The second kappa shape index (κ2) is 7.67. The summed E-state index contributed by atoms with van der Waals surface area (Å²) in [5.74, 6) is -0.0991. The number of hydrogen-bond acceptors (Lipinski definition) is 6. The summed E-state index contributed by atoms with van der Waals surface area (Å²) in [6.45, 7) is 3.94. The molecule has 8 nitrogen and oxygen atoms in total. The SMILES string of the molecule is CC[C@H](C)NC(=O)c1c(N)n(/N=C\c2cccnc2)c2nc3ccccc3nc12. The normalized spacial score (nSPS) is 12.6. The van der Waals surface area contributed by atoms with Crippen LogP contribution in [0.15, 0.2) is 53.9 Å². The number of nitrogens with two attached hydrogens (primary N) is 1. The molecule has 1 amide bonds. The molecule has 0 radical (unpaired) electrons. The van der Waals surface area contributed by atoms with Gasteiger partial charge in [0, 0.05) is 24.0 Å². The number of fused-ring (bicyclic) bond motifs is 2. The van der Waals surface area contributed by atoms with E-state index >= 15 is 0 Å². The van der Waals surface area contributed by atoms with Crippen molar-refractivity contribution >= 4 is 40.1 Å².